The van der Waals surface area contributed by atoms with Crippen LogP contribution in [0.15, 0.2) is 18.5 Å². The highest BCUT2D eigenvalue weighted by molar-refractivity contribution is 7.12. The van der Waals surface area contributed by atoms with Gasteiger partial charge in [0, 0.05) is 67.2 Å². The van der Waals surface area contributed by atoms with Crippen LogP contribution in [0.4, 0.5) is 0 Å². The van der Waals surface area contributed by atoms with E-state index in [-0.39, 0.29) is 43.0 Å². The molecule has 1 aliphatic heterocycles. The van der Waals surface area contributed by atoms with E-state index >= 15 is 0 Å². The number of nitrogens with one attached hydrogen (secondary N) is 1. The second-order valence-corrected chi connectivity index (χ2v) is 7.91. The molecule has 6 nitrogen and oxygen atoms in total. The smallest absolute Gasteiger partial charge is 0.223 e. The van der Waals surface area contributed by atoms with E-state index in [4.69, 9.17) is 0 Å². The molecule has 1 aliphatic rings. The minimum atomic E-state index is -0.0820. The number of piperazine rings is 1. The molecule has 3 heterocycles. The van der Waals surface area contributed by atoms with Crippen molar-refractivity contribution in [1.82, 2.24) is 19.8 Å². The van der Waals surface area contributed by atoms with Gasteiger partial charge in [-0.15, -0.1) is 23.7 Å². The Bertz CT molecular complexity index is 786. The van der Waals surface area contributed by atoms with E-state index < -0.39 is 0 Å². The Kier molecular flexibility index (Phi) is 6.97. The summed E-state index contributed by atoms with van der Waals surface area (Å²) in [7, 11) is 1.94. The fourth-order valence-electron chi connectivity index (χ4n) is 3.34. The number of halogens is 1. The Hall–Kier alpha value is -1.70. The summed E-state index contributed by atoms with van der Waals surface area (Å²) >= 11 is 1.62. The number of carbonyl (C=O) groups excluding carboxylic acids is 2. The molecule has 1 amide bonds. The van der Waals surface area contributed by atoms with Gasteiger partial charge in [0.25, 0.3) is 0 Å². The van der Waals surface area contributed by atoms with E-state index in [1.165, 1.54) is 0 Å². The molecule has 1 saturated heterocycles. The molecule has 1 atom stereocenters. The predicted molar refractivity (Wildman–Crippen MR) is 105 cm³/mol. The first kappa shape index (κ1) is 20.6. The number of nitrogens with zero attached hydrogens (tertiary/aromatic N) is 3. The molecule has 142 valence electrons. The van der Waals surface area contributed by atoms with Crippen molar-refractivity contribution >= 4 is 35.4 Å². The van der Waals surface area contributed by atoms with Crippen LogP contribution >= 0.6 is 23.7 Å². The van der Waals surface area contributed by atoms with E-state index in [1.54, 1.807) is 17.5 Å². The van der Waals surface area contributed by atoms with Crippen LogP contribution in [0.3, 0.4) is 0 Å². The summed E-state index contributed by atoms with van der Waals surface area (Å²) in [5.41, 5.74) is 0.760. The average molecular weight is 397 g/mol. The molecule has 1 fully saturated rings. The number of hydrogen-bond acceptors (Lipinski definition) is 5. The molecule has 0 spiro atoms. The molecule has 0 aliphatic carbocycles. The molecule has 26 heavy (non-hydrogen) atoms. The lowest BCUT2D eigenvalue weighted by Crippen LogP contribution is -2.49. The topological polar surface area (TPSA) is 67.2 Å². The average Bonchev–Trinajstić information content (AvgIpc) is 3.17. The molecule has 0 radical (unpaired) electrons. The van der Waals surface area contributed by atoms with Crippen molar-refractivity contribution < 1.29 is 9.59 Å². The van der Waals surface area contributed by atoms with Crippen LogP contribution in [-0.4, -0.2) is 45.8 Å². The Labute approximate surface area is 164 Å². The minimum Gasteiger partial charge on any atom is -0.336 e. The summed E-state index contributed by atoms with van der Waals surface area (Å²) in [5.74, 6) is 0.947. The van der Waals surface area contributed by atoms with Crippen molar-refractivity contribution in [2.75, 3.05) is 19.6 Å². The largest absolute Gasteiger partial charge is 0.336 e. The normalized spacial score (nSPS) is 17.0. The summed E-state index contributed by atoms with van der Waals surface area (Å²) in [6.45, 7) is 6.05. The molecular weight excluding hydrogens is 372 g/mol. The Morgan fingerprint density at radius 2 is 2.12 bits per heavy atom. The van der Waals surface area contributed by atoms with Crippen LogP contribution in [0.25, 0.3) is 0 Å². The van der Waals surface area contributed by atoms with Gasteiger partial charge < -0.3 is 14.8 Å². The van der Waals surface area contributed by atoms with Gasteiger partial charge in [0.2, 0.25) is 5.91 Å². The monoisotopic (exact) mass is 396 g/mol. The standard InChI is InChI=1S/C18H24N4O2S.ClH/c1-12-10-14(13(2)25-12)16(23)4-5-17(24)22-9-6-19-11-15(22)18-20-7-8-21(18)3;/h7-8,10,15,19H,4-6,9,11H2,1-3H3;1H. The van der Waals surface area contributed by atoms with Gasteiger partial charge in [-0.25, -0.2) is 4.98 Å². The Morgan fingerprint density at radius 1 is 1.35 bits per heavy atom. The number of Topliss-reactive ketones (excluding diaryl/α,β-unsaturated/α-hetero) is 1. The number of rotatable bonds is 5. The van der Waals surface area contributed by atoms with Gasteiger partial charge in [0.15, 0.2) is 5.78 Å². The zero-order chi connectivity index (χ0) is 18.0. The van der Waals surface area contributed by atoms with Gasteiger partial charge >= 0.3 is 0 Å². The maximum absolute atomic E-state index is 12.8. The van der Waals surface area contributed by atoms with Crippen molar-refractivity contribution in [2.24, 2.45) is 7.05 Å². The maximum Gasteiger partial charge on any atom is 0.223 e. The highest BCUT2D eigenvalue weighted by Crippen LogP contribution is 2.24. The Balaban J connectivity index is 0.00000243. The number of thiophene rings is 1. The molecule has 2 aromatic heterocycles. The van der Waals surface area contributed by atoms with Gasteiger partial charge in [-0.05, 0) is 19.9 Å². The van der Waals surface area contributed by atoms with Gasteiger partial charge in [-0.3, -0.25) is 9.59 Å². The second kappa shape index (κ2) is 8.79. The van der Waals surface area contributed by atoms with Crippen molar-refractivity contribution in [3.05, 3.63) is 39.6 Å². The predicted octanol–water partition coefficient (Wildman–Crippen LogP) is 2.66. The third-order valence-electron chi connectivity index (χ3n) is 4.63. The quantitative estimate of drug-likeness (QED) is 0.789. The third-order valence-corrected chi connectivity index (χ3v) is 5.59. The van der Waals surface area contributed by atoms with Crippen LogP contribution in [-0.2, 0) is 11.8 Å². The van der Waals surface area contributed by atoms with Gasteiger partial charge in [-0.1, -0.05) is 0 Å². The van der Waals surface area contributed by atoms with Crippen LogP contribution in [0, 0.1) is 13.8 Å². The van der Waals surface area contributed by atoms with Crippen molar-refractivity contribution in [3.8, 4) is 0 Å². The fourth-order valence-corrected chi connectivity index (χ4v) is 4.28. The third kappa shape index (κ3) is 4.34. The zero-order valence-electron chi connectivity index (χ0n) is 15.3. The number of aryl methyl sites for hydroxylation is 3. The van der Waals surface area contributed by atoms with E-state index in [0.717, 1.165) is 27.7 Å². The first-order valence-corrected chi connectivity index (χ1v) is 9.36. The summed E-state index contributed by atoms with van der Waals surface area (Å²) < 4.78 is 1.95. The van der Waals surface area contributed by atoms with E-state index in [1.807, 2.05) is 42.6 Å². The van der Waals surface area contributed by atoms with Crippen LogP contribution in [0.1, 0.15) is 44.8 Å². The van der Waals surface area contributed by atoms with Crippen LogP contribution < -0.4 is 5.32 Å². The lowest BCUT2D eigenvalue weighted by Gasteiger charge is -2.35. The molecule has 1 unspecified atom stereocenters. The van der Waals surface area contributed by atoms with Crippen molar-refractivity contribution in [3.63, 3.8) is 0 Å². The second-order valence-electron chi connectivity index (χ2n) is 6.45. The maximum atomic E-state index is 12.8. The minimum absolute atomic E-state index is 0. The summed E-state index contributed by atoms with van der Waals surface area (Å²) in [6.07, 6.45) is 4.14. The molecule has 8 heteroatoms. The van der Waals surface area contributed by atoms with E-state index in [9.17, 15) is 9.59 Å². The number of amides is 1. The van der Waals surface area contributed by atoms with Crippen LogP contribution in [0.2, 0.25) is 0 Å². The van der Waals surface area contributed by atoms with Crippen molar-refractivity contribution in [1.29, 1.82) is 0 Å². The molecule has 2 aromatic rings. The number of aromatic nitrogens is 2. The number of carbonyl (C=O) groups is 2. The highest BCUT2D eigenvalue weighted by atomic mass is 35.5. The number of imidazole rings is 1. The molecular formula is C18H25ClN4O2S. The SMILES string of the molecule is Cc1cc(C(=O)CCC(=O)N2CCNCC2c2nccn2C)c(C)s1.Cl. The van der Waals surface area contributed by atoms with Crippen molar-refractivity contribution in [2.45, 2.75) is 32.7 Å². The highest BCUT2D eigenvalue weighted by Gasteiger charge is 2.30. The Morgan fingerprint density at radius 3 is 2.73 bits per heavy atom. The fraction of sp³-hybridized carbons (Fsp3) is 0.500. The molecule has 0 bridgehead atoms. The van der Waals surface area contributed by atoms with E-state index in [0.29, 0.717) is 13.1 Å². The first-order chi connectivity index (χ1) is 12.0. The van der Waals surface area contributed by atoms with Gasteiger partial charge in [0.05, 0.1) is 0 Å². The summed E-state index contributed by atoms with van der Waals surface area (Å²) in [6, 6.07) is 1.84. The molecule has 0 saturated carbocycles. The van der Waals surface area contributed by atoms with Crippen LogP contribution in [0.5, 0.6) is 0 Å². The van der Waals surface area contributed by atoms with E-state index in [2.05, 4.69) is 10.3 Å². The number of ketones is 1. The molecule has 3 rings (SSSR count). The summed E-state index contributed by atoms with van der Waals surface area (Å²) in [5, 5.41) is 3.32. The first-order valence-electron chi connectivity index (χ1n) is 8.55. The lowest BCUT2D eigenvalue weighted by atomic mass is 10.1. The molecule has 1 N–H and O–H groups in total. The summed E-state index contributed by atoms with van der Waals surface area (Å²) in [4.78, 5) is 33.6. The zero-order valence-corrected chi connectivity index (χ0v) is 17.0. The van der Waals surface area contributed by atoms with Gasteiger partial charge in [0.1, 0.15) is 11.9 Å². The van der Waals surface area contributed by atoms with Gasteiger partial charge in [-0.2, -0.15) is 0 Å². The number of hydrogen-bond donors (Lipinski definition) is 1. The molecule has 0 aromatic carbocycles. The lowest BCUT2D eigenvalue weighted by molar-refractivity contribution is -0.134.